The second-order valence-electron chi connectivity index (χ2n) is 3.92. The Labute approximate surface area is 94.7 Å². The van der Waals surface area contributed by atoms with Gasteiger partial charge in [0.2, 0.25) is 0 Å². The van der Waals surface area contributed by atoms with Gasteiger partial charge in [-0.05, 0) is 19.3 Å². The SMILES string of the molecule is C#C[C@@H]1CC[C@H](Nc2cnc(C#N)cn2)C1. The first-order valence-corrected chi connectivity index (χ1v) is 5.26. The van der Waals surface area contributed by atoms with Crippen LogP contribution in [0.5, 0.6) is 0 Å². The maximum absolute atomic E-state index is 8.58. The predicted octanol–water partition coefficient (Wildman–Crippen LogP) is 1.56. The van der Waals surface area contributed by atoms with Crippen LogP contribution in [0.25, 0.3) is 0 Å². The summed E-state index contributed by atoms with van der Waals surface area (Å²) in [7, 11) is 0. The van der Waals surface area contributed by atoms with Gasteiger partial charge in [0.05, 0.1) is 12.4 Å². The third-order valence-electron chi connectivity index (χ3n) is 2.79. The molecule has 1 aromatic rings. The van der Waals surface area contributed by atoms with Crippen molar-refractivity contribution in [2.24, 2.45) is 5.92 Å². The van der Waals surface area contributed by atoms with Gasteiger partial charge in [-0.2, -0.15) is 5.26 Å². The molecule has 0 saturated heterocycles. The quantitative estimate of drug-likeness (QED) is 0.756. The van der Waals surface area contributed by atoms with Gasteiger partial charge in [0.15, 0.2) is 5.69 Å². The van der Waals surface area contributed by atoms with E-state index >= 15 is 0 Å². The normalized spacial score (nSPS) is 23.4. The molecule has 1 fully saturated rings. The Morgan fingerprint density at radius 2 is 2.25 bits per heavy atom. The van der Waals surface area contributed by atoms with Crippen LogP contribution >= 0.6 is 0 Å². The molecule has 2 rings (SSSR count). The van der Waals surface area contributed by atoms with Crippen molar-refractivity contribution in [3.8, 4) is 18.4 Å². The molecule has 2 atom stereocenters. The van der Waals surface area contributed by atoms with E-state index in [1.807, 2.05) is 6.07 Å². The largest absolute Gasteiger partial charge is 0.366 e. The average molecular weight is 212 g/mol. The fourth-order valence-corrected chi connectivity index (χ4v) is 1.93. The first-order valence-electron chi connectivity index (χ1n) is 5.26. The minimum absolute atomic E-state index is 0.332. The summed E-state index contributed by atoms with van der Waals surface area (Å²) in [5, 5.41) is 11.9. The Bertz CT molecular complexity index is 438. The van der Waals surface area contributed by atoms with Gasteiger partial charge < -0.3 is 5.32 Å². The average Bonchev–Trinajstić information content (AvgIpc) is 2.78. The van der Waals surface area contributed by atoms with Crippen LogP contribution in [-0.4, -0.2) is 16.0 Å². The lowest BCUT2D eigenvalue weighted by Gasteiger charge is -2.11. The number of hydrogen-bond donors (Lipinski definition) is 1. The van der Waals surface area contributed by atoms with E-state index < -0.39 is 0 Å². The summed E-state index contributed by atoms with van der Waals surface area (Å²) in [4.78, 5) is 8.07. The minimum atomic E-state index is 0.332. The van der Waals surface area contributed by atoms with E-state index in [2.05, 4.69) is 21.2 Å². The molecule has 4 heteroatoms. The van der Waals surface area contributed by atoms with Crippen LogP contribution < -0.4 is 5.32 Å². The molecule has 0 aromatic carbocycles. The van der Waals surface area contributed by atoms with E-state index in [0.29, 0.717) is 23.5 Å². The van der Waals surface area contributed by atoms with Crippen LogP contribution in [0.15, 0.2) is 12.4 Å². The molecule has 1 aliphatic rings. The lowest BCUT2D eigenvalue weighted by Crippen LogP contribution is -2.16. The molecule has 16 heavy (non-hydrogen) atoms. The molecule has 0 amide bonds. The second-order valence-corrected chi connectivity index (χ2v) is 3.92. The van der Waals surface area contributed by atoms with E-state index in [1.54, 1.807) is 6.20 Å². The Morgan fingerprint density at radius 1 is 1.38 bits per heavy atom. The highest BCUT2D eigenvalue weighted by molar-refractivity contribution is 5.34. The van der Waals surface area contributed by atoms with Crippen molar-refractivity contribution >= 4 is 5.82 Å². The molecule has 1 N–H and O–H groups in total. The van der Waals surface area contributed by atoms with Gasteiger partial charge in [-0.15, -0.1) is 12.3 Å². The molecule has 0 unspecified atom stereocenters. The maximum atomic E-state index is 8.58. The number of rotatable bonds is 2. The van der Waals surface area contributed by atoms with Crippen LogP contribution in [-0.2, 0) is 0 Å². The molecule has 0 radical (unpaired) electrons. The zero-order chi connectivity index (χ0) is 11.4. The van der Waals surface area contributed by atoms with Crippen LogP contribution in [0.1, 0.15) is 25.0 Å². The summed E-state index contributed by atoms with van der Waals surface area (Å²) in [6, 6.07) is 2.31. The number of nitriles is 1. The van der Waals surface area contributed by atoms with Crippen molar-refractivity contribution in [1.82, 2.24) is 9.97 Å². The standard InChI is InChI=1S/C12H12N4/c1-2-9-3-4-10(5-9)16-12-8-14-11(6-13)7-15-12/h1,7-10H,3-5H2,(H,15,16)/t9-,10+/m1/s1. The Hall–Kier alpha value is -2.07. The summed E-state index contributed by atoms with van der Waals surface area (Å²) in [6.07, 6.45) is 11.6. The van der Waals surface area contributed by atoms with E-state index in [4.69, 9.17) is 11.7 Å². The van der Waals surface area contributed by atoms with Crippen LogP contribution in [0, 0.1) is 29.6 Å². The van der Waals surface area contributed by atoms with Crippen molar-refractivity contribution in [3.05, 3.63) is 18.1 Å². The zero-order valence-corrected chi connectivity index (χ0v) is 8.85. The summed E-state index contributed by atoms with van der Waals surface area (Å²) in [6.45, 7) is 0. The van der Waals surface area contributed by atoms with Crippen LogP contribution in [0.4, 0.5) is 5.82 Å². The number of anilines is 1. The van der Waals surface area contributed by atoms with Crippen molar-refractivity contribution < 1.29 is 0 Å². The van der Waals surface area contributed by atoms with Crippen molar-refractivity contribution in [1.29, 1.82) is 5.26 Å². The van der Waals surface area contributed by atoms with Crippen LogP contribution in [0.2, 0.25) is 0 Å². The molecule has 0 bridgehead atoms. The third kappa shape index (κ3) is 2.29. The smallest absolute Gasteiger partial charge is 0.158 e. The van der Waals surface area contributed by atoms with E-state index in [9.17, 15) is 0 Å². The summed E-state index contributed by atoms with van der Waals surface area (Å²) < 4.78 is 0. The molecular formula is C12H12N4. The number of terminal acetylenes is 1. The molecular weight excluding hydrogens is 200 g/mol. The van der Waals surface area contributed by atoms with Gasteiger partial charge in [0.1, 0.15) is 11.9 Å². The van der Waals surface area contributed by atoms with Gasteiger partial charge >= 0.3 is 0 Å². The Balaban J connectivity index is 1.95. The molecule has 4 nitrogen and oxygen atoms in total. The first-order chi connectivity index (χ1) is 7.81. The fourth-order valence-electron chi connectivity index (χ4n) is 1.93. The van der Waals surface area contributed by atoms with Crippen LogP contribution in [0.3, 0.4) is 0 Å². The van der Waals surface area contributed by atoms with E-state index in [-0.39, 0.29) is 0 Å². The van der Waals surface area contributed by atoms with Gasteiger partial charge in [-0.1, -0.05) is 0 Å². The molecule has 1 aromatic heterocycles. The highest BCUT2D eigenvalue weighted by atomic mass is 15.0. The Morgan fingerprint density at radius 3 is 2.81 bits per heavy atom. The van der Waals surface area contributed by atoms with Gasteiger partial charge in [0, 0.05) is 12.0 Å². The number of nitrogens with zero attached hydrogens (tertiary/aromatic N) is 3. The van der Waals surface area contributed by atoms with Gasteiger partial charge in [-0.25, -0.2) is 9.97 Å². The van der Waals surface area contributed by atoms with Crippen molar-refractivity contribution in [2.45, 2.75) is 25.3 Å². The molecule has 80 valence electrons. The molecule has 0 aliphatic heterocycles. The fraction of sp³-hybridized carbons (Fsp3) is 0.417. The molecule has 1 aliphatic carbocycles. The monoisotopic (exact) mass is 212 g/mol. The van der Waals surface area contributed by atoms with Crippen molar-refractivity contribution in [3.63, 3.8) is 0 Å². The molecule has 1 saturated carbocycles. The van der Waals surface area contributed by atoms with Gasteiger partial charge in [0.25, 0.3) is 0 Å². The zero-order valence-electron chi connectivity index (χ0n) is 8.85. The van der Waals surface area contributed by atoms with E-state index in [0.717, 1.165) is 19.3 Å². The highest BCUT2D eigenvalue weighted by Crippen LogP contribution is 2.26. The lowest BCUT2D eigenvalue weighted by molar-refractivity contribution is 0.691. The topological polar surface area (TPSA) is 61.6 Å². The second kappa shape index (κ2) is 4.63. The van der Waals surface area contributed by atoms with E-state index in [1.165, 1.54) is 6.20 Å². The maximum Gasteiger partial charge on any atom is 0.158 e. The molecule has 0 spiro atoms. The Kier molecular flexibility index (Phi) is 3.03. The number of nitrogens with one attached hydrogen (secondary N) is 1. The first kappa shape index (κ1) is 10.4. The predicted molar refractivity (Wildman–Crippen MR) is 60.3 cm³/mol. The highest BCUT2D eigenvalue weighted by Gasteiger charge is 2.23. The number of hydrogen-bond acceptors (Lipinski definition) is 4. The third-order valence-corrected chi connectivity index (χ3v) is 2.79. The lowest BCUT2D eigenvalue weighted by atomic mass is 10.1. The summed E-state index contributed by atoms with van der Waals surface area (Å²) >= 11 is 0. The van der Waals surface area contributed by atoms with Crippen molar-refractivity contribution in [2.75, 3.05) is 5.32 Å². The van der Waals surface area contributed by atoms with Gasteiger partial charge in [-0.3, -0.25) is 0 Å². The molecule has 1 heterocycles. The minimum Gasteiger partial charge on any atom is -0.366 e. The number of aromatic nitrogens is 2. The summed E-state index contributed by atoms with van der Waals surface area (Å²) in [5.41, 5.74) is 0.332. The summed E-state index contributed by atoms with van der Waals surface area (Å²) in [5.74, 6) is 3.87.